The molecule has 0 aromatic rings. The first kappa shape index (κ1) is 12.4. The van der Waals surface area contributed by atoms with Crippen LogP contribution in [-0.4, -0.2) is 5.54 Å². The minimum Gasteiger partial charge on any atom is -0.322 e. The molecule has 0 aromatic heterocycles. The van der Waals surface area contributed by atoms with Crippen molar-refractivity contribution >= 4 is 0 Å². The Labute approximate surface area is 82.7 Å². The highest BCUT2D eigenvalue weighted by Gasteiger charge is 2.16. The Hall–Kier alpha value is -0.560. The van der Waals surface area contributed by atoms with E-state index in [2.05, 4.69) is 19.1 Å². The van der Waals surface area contributed by atoms with Crippen LogP contribution in [0.2, 0.25) is 0 Å². The summed E-state index contributed by atoms with van der Waals surface area (Å²) >= 11 is 0. The van der Waals surface area contributed by atoms with Crippen LogP contribution in [0, 0.1) is 0 Å². The van der Waals surface area contributed by atoms with Crippen LogP contribution < -0.4 is 5.73 Å². The Bertz CT molecular complexity index is 204. The molecule has 0 aliphatic heterocycles. The summed E-state index contributed by atoms with van der Waals surface area (Å²) in [4.78, 5) is 0. The summed E-state index contributed by atoms with van der Waals surface area (Å²) < 4.78 is 0. The number of rotatable bonds is 1. The van der Waals surface area contributed by atoms with E-state index in [1.54, 1.807) is 0 Å². The molecule has 0 saturated heterocycles. The van der Waals surface area contributed by atoms with E-state index in [1.807, 2.05) is 27.7 Å². The molecule has 0 amide bonds. The summed E-state index contributed by atoms with van der Waals surface area (Å²) in [5, 5.41) is 0. The molecule has 0 unspecified atom stereocenters. The van der Waals surface area contributed by atoms with Crippen molar-refractivity contribution in [3.8, 4) is 0 Å². The maximum atomic E-state index is 5.96. The Morgan fingerprint density at radius 1 is 1.31 bits per heavy atom. The SMILES string of the molecule is CC.CC1=CC(C(C)(C)N)=CCC1. The summed E-state index contributed by atoms with van der Waals surface area (Å²) in [5.41, 5.74) is 8.52. The summed E-state index contributed by atoms with van der Waals surface area (Å²) in [5.74, 6) is 0. The first-order chi connectivity index (χ1) is 6.00. The zero-order valence-corrected chi connectivity index (χ0v) is 9.65. The van der Waals surface area contributed by atoms with E-state index in [1.165, 1.54) is 17.6 Å². The average Bonchev–Trinajstić information content (AvgIpc) is 2.06. The monoisotopic (exact) mass is 181 g/mol. The third-order valence-electron chi connectivity index (χ3n) is 2.05. The summed E-state index contributed by atoms with van der Waals surface area (Å²) in [6.45, 7) is 10.3. The van der Waals surface area contributed by atoms with Gasteiger partial charge in [0.2, 0.25) is 0 Å². The van der Waals surface area contributed by atoms with Crippen molar-refractivity contribution < 1.29 is 0 Å². The minimum atomic E-state index is -0.165. The molecule has 1 aliphatic rings. The Balaban J connectivity index is 0.000000671. The second-order valence-corrected chi connectivity index (χ2v) is 3.91. The molecule has 76 valence electrons. The molecule has 1 heteroatoms. The van der Waals surface area contributed by atoms with Crippen molar-refractivity contribution in [2.45, 2.75) is 53.0 Å². The van der Waals surface area contributed by atoms with Gasteiger partial charge in [0, 0.05) is 5.54 Å². The van der Waals surface area contributed by atoms with Gasteiger partial charge in [-0.15, -0.1) is 0 Å². The van der Waals surface area contributed by atoms with Gasteiger partial charge in [-0.25, -0.2) is 0 Å². The van der Waals surface area contributed by atoms with E-state index >= 15 is 0 Å². The molecule has 2 N–H and O–H groups in total. The van der Waals surface area contributed by atoms with E-state index in [-0.39, 0.29) is 5.54 Å². The van der Waals surface area contributed by atoms with Gasteiger partial charge >= 0.3 is 0 Å². The van der Waals surface area contributed by atoms with E-state index < -0.39 is 0 Å². The van der Waals surface area contributed by atoms with Crippen molar-refractivity contribution in [1.82, 2.24) is 0 Å². The molecule has 0 spiro atoms. The fraction of sp³-hybridized carbons (Fsp3) is 0.667. The van der Waals surface area contributed by atoms with Crippen LogP contribution in [0.15, 0.2) is 23.3 Å². The summed E-state index contributed by atoms with van der Waals surface area (Å²) in [7, 11) is 0. The number of hydrogen-bond acceptors (Lipinski definition) is 1. The summed E-state index contributed by atoms with van der Waals surface area (Å²) in [6, 6.07) is 0. The van der Waals surface area contributed by atoms with E-state index in [0.717, 1.165) is 6.42 Å². The van der Waals surface area contributed by atoms with Crippen LogP contribution in [0.4, 0.5) is 0 Å². The van der Waals surface area contributed by atoms with Gasteiger partial charge in [-0.3, -0.25) is 0 Å². The lowest BCUT2D eigenvalue weighted by Gasteiger charge is -2.23. The molecular weight excluding hydrogens is 158 g/mol. The molecule has 0 radical (unpaired) electrons. The smallest absolute Gasteiger partial charge is 0.0349 e. The highest BCUT2D eigenvalue weighted by Crippen LogP contribution is 2.23. The van der Waals surface area contributed by atoms with Gasteiger partial charge < -0.3 is 5.73 Å². The van der Waals surface area contributed by atoms with Crippen LogP contribution >= 0.6 is 0 Å². The molecule has 13 heavy (non-hydrogen) atoms. The lowest BCUT2D eigenvalue weighted by molar-refractivity contribution is 0.616. The van der Waals surface area contributed by atoms with Crippen LogP contribution in [0.3, 0.4) is 0 Å². The van der Waals surface area contributed by atoms with Crippen LogP contribution in [0.5, 0.6) is 0 Å². The molecule has 0 heterocycles. The molecule has 1 nitrogen and oxygen atoms in total. The van der Waals surface area contributed by atoms with Crippen molar-refractivity contribution in [2.75, 3.05) is 0 Å². The Morgan fingerprint density at radius 2 is 1.85 bits per heavy atom. The molecule has 0 bridgehead atoms. The van der Waals surface area contributed by atoms with Gasteiger partial charge in [-0.2, -0.15) is 0 Å². The molecule has 0 atom stereocenters. The topological polar surface area (TPSA) is 26.0 Å². The van der Waals surface area contributed by atoms with Crippen molar-refractivity contribution in [3.05, 3.63) is 23.3 Å². The van der Waals surface area contributed by atoms with Crippen LogP contribution in [-0.2, 0) is 0 Å². The highest BCUT2D eigenvalue weighted by atomic mass is 14.7. The van der Waals surface area contributed by atoms with Gasteiger partial charge in [-0.05, 0) is 39.2 Å². The first-order valence-electron chi connectivity index (χ1n) is 5.17. The first-order valence-corrected chi connectivity index (χ1v) is 5.17. The van der Waals surface area contributed by atoms with E-state index in [9.17, 15) is 0 Å². The lowest BCUT2D eigenvalue weighted by Crippen LogP contribution is -2.34. The van der Waals surface area contributed by atoms with Gasteiger partial charge in [0.1, 0.15) is 0 Å². The second kappa shape index (κ2) is 5.23. The third kappa shape index (κ3) is 4.28. The largest absolute Gasteiger partial charge is 0.322 e. The second-order valence-electron chi connectivity index (χ2n) is 3.91. The zero-order chi connectivity index (χ0) is 10.5. The third-order valence-corrected chi connectivity index (χ3v) is 2.05. The van der Waals surface area contributed by atoms with Gasteiger partial charge in [-0.1, -0.05) is 31.6 Å². The molecule has 0 fully saturated rings. The average molecular weight is 181 g/mol. The minimum absolute atomic E-state index is 0.165. The molecule has 1 rings (SSSR count). The van der Waals surface area contributed by atoms with Gasteiger partial charge in [0.15, 0.2) is 0 Å². The Morgan fingerprint density at radius 3 is 2.15 bits per heavy atom. The van der Waals surface area contributed by atoms with Crippen LogP contribution in [0.25, 0.3) is 0 Å². The predicted molar refractivity (Wildman–Crippen MR) is 60.7 cm³/mol. The highest BCUT2D eigenvalue weighted by molar-refractivity contribution is 5.34. The molecule has 0 aromatic carbocycles. The Kier molecular flexibility index (Phi) is 5.01. The van der Waals surface area contributed by atoms with Crippen molar-refractivity contribution in [3.63, 3.8) is 0 Å². The van der Waals surface area contributed by atoms with Gasteiger partial charge in [0.05, 0.1) is 0 Å². The fourth-order valence-corrected chi connectivity index (χ4v) is 1.30. The molecular formula is C12H23N. The van der Waals surface area contributed by atoms with Gasteiger partial charge in [0.25, 0.3) is 0 Å². The fourth-order valence-electron chi connectivity index (χ4n) is 1.30. The number of allylic oxidation sites excluding steroid dienone is 2. The number of nitrogens with two attached hydrogens (primary N) is 1. The van der Waals surface area contributed by atoms with Crippen molar-refractivity contribution in [2.24, 2.45) is 5.73 Å². The van der Waals surface area contributed by atoms with Crippen molar-refractivity contribution in [1.29, 1.82) is 0 Å². The standard InChI is InChI=1S/C10H17N.C2H6/c1-8-5-4-6-9(7-8)10(2,3)11;1-2/h6-7H,4-5,11H2,1-3H3;1-2H3. The zero-order valence-electron chi connectivity index (χ0n) is 9.65. The van der Waals surface area contributed by atoms with E-state index in [4.69, 9.17) is 5.73 Å². The molecule has 0 saturated carbocycles. The number of hydrogen-bond donors (Lipinski definition) is 1. The predicted octanol–water partition coefficient (Wildman–Crippen LogP) is 3.42. The summed E-state index contributed by atoms with van der Waals surface area (Å²) in [6.07, 6.45) is 6.80. The van der Waals surface area contributed by atoms with Crippen LogP contribution in [0.1, 0.15) is 47.5 Å². The maximum Gasteiger partial charge on any atom is 0.0349 e. The lowest BCUT2D eigenvalue weighted by atomic mass is 9.88. The quantitative estimate of drug-likeness (QED) is 0.659. The normalized spacial score (nSPS) is 16.8. The maximum absolute atomic E-state index is 5.96. The molecule has 1 aliphatic carbocycles. The van der Waals surface area contributed by atoms with E-state index in [0.29, 0.717) is 0 Å².